The number of halogens is 1. The molecule has 112 valence electrons. The molecule has 1 aromatic heterocycles. The molecule has 1 saturated heterocycles. The molecule has 2 heterocycles. The van der Waals surface area contributed by atoms with Gasteiger partial charge in [-0.05, 0) is 44.0 Å². The molecule has 5 heteroatoms. The molecule has 0 spiro atoms. The van der Waals surface area contributed by atoms with Crippen LogP contribution < -0.4 is 0 Å². The predicted octanol–water partition coefficient (Wildman–Crippen LogP) is 2.83. The van der Waals surface area contributed by atoms with Crippen LogP contribution in [0.4, 0.5) is 4.39 Å². The van der Waals surface area contributed by atoms with Crippen molar-refractivity contribution < 1.29 is 13.9 Å². The molecule has 0 amide bonds. The Balaban J connectivity index is 1.64. The third-order valence-corrected chi connectivity index (χ3v) is 3.96. The SMILES string of the molecule is CC1(O)CCN(Cc2coc(-c3ccc(F)cc3)n2)CC1. The average molecular weight is 290 g/mol. The van der Waals surface area contributed by atoms with Gasteiger partial charge in [0.1, 0.15) is 12.1 Å². The number of aromatic nitrogens is 1. The monoisotopic (exact) mass is 290 g/mol. The molecule has 1 aromatic carbocycles. The van der Waals surface area contributed by atoms with Crippen LogP contribution in [0.2, 0.25) is 0 Å². The molecule has 1 N–H and O–H groups in total. The van der Waals surface area contributed by atoms with Gasteiger partial charge in [0, 0.05) is 25.2 Å². The molecule has 0 radical (unpaired) electrons. The molecule has 1 aliphatic heterocycles. The van der Waals surface area contributed by atoms with Crippen molar-refractivity contribution in [3.8, 4) is 11.5 Å². The fraction of sp³-hybridized carbons (Fsp3) is 0.438. The Morgan fingerprint density at radius 2 is 1.95 bits per heavy atom. The summed E-state index contributed by atoms with van der Waals surface area (Å²) in [5, 5.41) is 9.94. The van der Waals surface area contributed by atoms with Gasteiger partial charge in [0.05, 0.1) is 11.3 Å². The molecule has 4 nitrogen and oxygen atoms in total. The maximum Gasteiger partial charge on any atom is 0.226 e. The van der Waals surface area contributed by atoms with E-state index in [0.717, 1.165) is 37.2 Å². The number of nitrogens with zero attached hydrogens (tertiary/aromatic N) is 2. The minimum atomic E-state index is -0.542. The lowest BCUT2D eigenvalue weighted by atomic mass is 9.94. The van der Waals surface area contributed by atoms with Gasteiger partial charge in [-0.1, -0.05) is 0 Å². The second-order valence-corrected chi connectivity index (χ2v) is 5.92. The van der Waals surface area contributed by atoms with Crippen LogP contribution in [0.3, 0.4) is 0 Å². The fourth-order valence-electron chi connectivity index (χ4n) is 2.53. The van der Waals surface area contributed by atoms with E-state index in [0.29, 0.717) is 12.4 Å². The van der Waals surface area contributed by atoms with Crippen LogP contribution in [0.25, 0.3) is 11.5 Å². The van der Waals surface area contributed by atoms with Crippen molar-refractivity contribution in [2.75, 3.05) is 13.1 Å². The van der Waals surface area contributed by atoms with Crippen molar-refractivity contribution in [2.24, 2.45) is 0 Å². The summed E-state index contributed by atoms with van der Waals surface area (Å²) in [5.74, 6) is 0.236. The molecule has 0 atom stereocenters. The van der Waals surface area contributed by atoms with Crippen LogP contribution in [0.15, 0.2) is 34.9 Å². The summed E-state index contributed by atoms with van der Waals surface area (Å²) < 4.78 is 18.4. The first-order chi connectivity index (χ1) is 10.0. The van der Waals surface area contributed by atoms with E-state index < -0.39 is 5.60 Å². The van der Waals surface area contributed by atoms with Crippen molar-refractivity contribution in [3.63, 3.8) is 0 Å². The first-order valence-electron chi connectivity index (χ1n) is 7.17. The van der Waals surface area contributed by atoms with E-state index in [1.54, 1.807) is 18.4 Å². The van der Waals surface area contributed by atoms with Gasteiger partial charge in [0.15, 0.2) is 0 Å². The van der Waals surface area contributed by atoms with Gasteiger partial charge in [0.25, 0.3) is 0 Å². The Kier molecular flexibility index (Phi) is 3.78. The summed E-state index contributed by atoms with van der Waals surface area (Å²) in [4.78, 5) is 6.70. The van der Waals surface area contributed by atoms with Crippen LogP contribution in [-0.4, -0.2) is 33.7 Å². The lowest BCUT2D eigenvalue weighted by molar-refractivity contribution is -0.00757. The average Bonchev–Trinajstić information content (AvgIpc) is 2.91. The second kappa shape index (κ2) is 5.58. The van der Waals surface area contributed by atoms with Gasteiger partial charge in [0.2, 0.25) is 5.89 Å². The minimum Gasteiger partial charge on any atom is -0.444 e. The quantitative estimate of drug-likeness (QED) is 0.944. The molecule has 1 fully saturated rings. The van der Waals surface area contributed by atoms with Crippen LogP contribution in [-0.2, 0) is 6.54 Å². The standard InChI is InChI=1S/C16H19FN2O2/c1-16(20)6-8-19(9-7-16)10-14-11-21-15(18-14)12-2-4-13(17)5-3-12/h2-5,11,20H,6-10H2,1H3. The van der Waals surface area contributed by atoms with E-state index >= 15 is 0 Å². The minimum absolute atomic E-state index is 0.272. The summed E-state index contributed by atoms with van der Waals surface area (Å²) in [6, 6.07) is 6.10. The summed E-state index contributed by atoms with van der Waals surface area (Å²) in [6.45, 7) is 4.30. The lowest BCUT2D eigenvalue weighted by Gasteiger charge is -2.35. The topological polar surface area (TPSA) is 49.5 Å². The third kappa shape index (κ3) is 3.49. The number of oxazole rings is 1. The largest absolute Gasteiger partial charge is 0.444 e. The molecule has 3 rings (SSSR count). The first-order valence-corrected chi connectivity index (χ1v) is 7.17. The maximum absolute atomic E-state index is 12.9. The van der Waals surface area contributed by atoms with E-state index in [1.807, 2.05) is 6.92 Å². The molecule has 2 aromatic rings. The first kappa shape index (κ1) is 14.2. The lowest BCUT2D eigenvalue weighted by Crippen LogP contribution is -2.41. The highest BCUT2D eigenvalue weighted by Crippen LogP contribution is 2.23. The van der Waals surface area contributed by atoms with Gasteiger partial charge >= 0.3 is 0 Å². The Labute approximate surface area is 123 Å². The number of likely N-dealkylation sites (tertiary alicyclic amines) is 1. The van der Waals surface area contributed by atoms with Crippen molar-refractivity contribution in [2.45, 2.75) is 31.9 Å². The van der Waals surface area contributed by atoms with Gasteiger partial charge in [-0.2, -0.15) is 0 Å². The second-order valence-electron chi connectivity index (χ2n) is 5.92. The summed E-state index contributed by atoms with van der Waals surface area (Å²) in [5.41, 5.74) is 1.08. The summed E-state index contributed by atoms with van der Waals surface area (Å²) in [7, 11) is 0. The number of benzene rings is 1. The van der Waals surface area contributed by atoms with Crippen molar-refractivity contribution >= 4 is 0 Å². The molecule has 21 heavy (non-hydrogen) atoms. The van der Waals surface area contributed by atoms with Crippen LogP contribution in [0, 0.1) is 5.82 Å². The molecule has 0 aliphatic carbocycles. The molecular weight excluding hydrogens is 271 g/mol. The predicted molar refractivity (Wildman–Crippen MR) is 77.0 cm³/mol. The highest BCUT2D eigenvalue weighted by atomic mass is 19.1. The van der Waals surface area contributed by atoms with Crippen LogP contribution >= 0.6 is 0 Å². The van der Waals surface area contributed by atoms with Crippen molar-refractivity contribution in [1.82, 2.24) is 9.88 Å². The zero-order chi connectivity index (χ0) is 14.9. The van der Waals surface area contributed by atoms with Gasteiger partial charge < -0.3 is 9.52 Å². The molecule has 0 bridgehead atoms. The molecule has 1 aliphatic rings. The number of hydrogen-bond donors (Lipinski definition) is 1. The van der Waals surface area contributed by atoms with Crippen LogP contribution in [0.1, 0.15) is 25.5 Å². The summed E-state index contributed by atoms with van der Waals surface area (Å²) in [6.07, 6.45) is 3.19. The van der Waals surface area contributed by atoms with Crippen LogP contribution in [0.5, 0.6) is 0 Å². The van der Waals surface area contributed by atoms with Gasteiger partial charge in [-0.15, -0.1) is 0 Å². The van der Waals surface area contributed by atoms with E-state index in [-0.39, 0.29) is 5.82 Å². The molecular formula is C16H19FN2O2. The molecule has 0 unspecified atom stereocenters. The number of piperidine rings is 1. The van der Waals surface area contributed by atoms with E-state index in [1.165, 1.54) is 12.1 Å². The maximum atomic E-state index is 12.9. The fourth-order valence-corrected chi connectivity index (χ4v) is 2.53. The van der Waals surface area contributed by atoms with Gasteiger partial charge in [-0.25, -0.2) is 9.37 Å². The van der Waals surface area contributed by atoms with Gasteiger partial charge in [-0.3, -0.25) is 4.90 Å². The normalized spacial score (nSPS) is 18.8. The summed E-state index contributed by atoms with van der Waals surface area (Å²) >= 11 is 0. The highest BCUT2D eigenvalue weighted by molar-refractivity contribution is 5.52. The molecule has 0 saturated carbocycles. The van der Waals surface area contributed by atoms with E-state index in [4.69, 9.17) is 4.42 Å². The number of hydrogen-bond acceptors (Lipinski definition) is 4. The zero-order valence-electron chi connectivity index (χ0n) is 12.1. The number of rotatable bonds is 3. The smallest absolute Gasteiger partial charge is 0.226 e. The van der Waals surface area contributed by atoms with Crippen molar-refractivity contribution in [1.29, 1.82) is 0 Å². The van der Waals surface area contributed by atoms with E-state index in [9.17, 15) is 9.50 Å². The Bertz CT molecular complexity index is 597. The Hall–Kier alpha value is -1.72. The zero-order valence-corrected chi connectivity index (χ0v) is 12.1. The van der Waals surface area contributed by atoms with E-state index in [2.05, 4.69) is 9.88 Å². The van der Waals surface area contributed by atoms with Crippen molar-refractivity contribution in [3.05, 3.63) is 42.0 Å². The Morgan fingerprint density at radius 3 is 2.62 bits per heavy atom. The Morgan fingerprint density at radius 1 is 1.29 bits per heavy atom. The highest BCUT2D eigenvalue weighted by Gasteiger charge is 2.27. The number of aliphatic hydroxyl groups is 1. The third-order valence-electron chi connectivity index (χ3n) is 3.96.